The molecule has 3 atom stereocenters. The zero-order valence-corrected chi connectivity index (χ0v) is 15.5. The van der Waals surface area contributed by atoms with Gasteiger partial charge in [0, 0.05) is 37.7 Å². The van der Waals surface area contributed by atoms with Crippen LogP contribution in [0, 0.1) is 17.8 Å². The van der Waals surface area contributed by atoms with Crippen molar-refractivity contribution < 1.29 is 9.53 Å². The van der Waals surface area contributed by atoms with Crippen molar-refractivity contribution in [1.29, 1.82) is 0 Å². The Morgan fingerprint density at radius 1 is 1.11 bits per heavy atom. The average molecular weight is 361 g/mol. The number of ether oxygens (including phenoxy) is 1. The SMILES string of the molecule is COCCN1C(=O)C(c2ncc(C#Cc3ccccc3)cn2)[C@H]2CCC[C@@H]21. The maximum absolute atomic E-state index is 13.0. The van der Waals surface area contributed by atoms with Crippen LogP contribution in [0.2, 0.25) is 0 Å². The molecule has 2 aromatic rings. The van der Waals surface area contributed by atoms with Gasteiger partial charge in [-0.05, 0) is 30.9 Å². The van der Waals surface area contributed by atoms with Crippen molar-refractivity contribution in [2.24, 2.45) is 5.92 Å². The Bertz CT molecular complexity index is 855. The lowest BCUT2D eigenvalue weighted by atomic mass is 9.91. The molecule has 0 radical (unpaired) electrons. The number of rotatable bonds is 4. The minimum absolute atomic E-state index is 0.143. The van der Waals surface area contributed by atoms with Crippen molar-refractivity contribution in [3.63, 3.8) is 0 Å². The molecule has 1 saturated heterocycles. The predicted octanol–water partition coefficient (Wildman–Crippen LogP) is 2.62. The first-order chi connectivity index (χ1) is 13.3. The number of carbonyl (C=O) groups is 1. The molecular weight excluding hydrogens is 338 g/mol. The van der Waals surface area contributed by atoms with Crippen molar-refractivity contribution in [3.8, 4) is 11.8 Å². The van der Waals surface area contributed by atoms with Crippen LogP contribution in [0.4, 0.5) is 0 Å². The lowest BCUT2D eigenvalue weighted by molar-refractivity contribution is -0.131. The molecule has 4 rings (SSSR count). The van der Waals surface area contributed by atoms with Gasteiger partial charge < -0.3 is 9.64 Å². The second-order valence-corrected chi connectivity index (χ2v) is 7.11. The highest BCUT2D eigenvalue weighted by atomic mass is 16.5. The van der Waals surface area contributed by atoms with Crippen LogP contribution in [0.15, 0.2) is 42.7 Å². The van der Waals surface area contributed by atoms with Crippen LogP contribution in [-0.2, 0) is 9.53 Å². The Balaban J connectivity index is 1.53. The minimum Gasteiger partial charge on any atom is -0.383 e. The van der Waals surface area contributed by atoms with E-state index in [0.29, 0.717) is 30.9 Å². The van der Waals surface area contributed by atoms with Crippen LogP contribution >= 0.6 is 0 Å². The molecule has 1 amide bonds. The topological polar surface area (TPSA) is 55.3 Å². The second kappa shape index (κ2) is 7.89. The highest BCUT2D eigenvalue weighted by molar-refractivity contribution is 5.86. The Hall–Kier alpha value is -2.71. The van der Waals surface area contributed by atoms with Gasteiger partial charge in [-0.25, -0.2) is 9.97 Å². The zero-order chi connectivity index (χ0) is 18.6. The van der Waals surface area contributed by atoms with Gasteiger partial charge >= 0.3 is 0 Å². The number of aromatic nitrogens is 2. The van der Waals surface area contributed by atoms with Crippen molar-refractivity contribution in [3.05, 3.63) is 59.7 Å². The summed E-state index contributed by atoms with van der Waals surface area (Å²) in [5.74, 6) is 7.05. The van der Waals surface area contributed by atoms with Gasteiger partial charge in [-0.15, -0.1) is 0 Å². The molecular formula is C22H23N3O2. The summed E-state index contributed by atoms with van der Waals surface area (Å²) >= 11 is 0. The van der Waals surface area contributed by atoms with Crippen LogP contribution in [0.5, 0.6) is 0 Å². The van der Waals surface area contributed by atoms with Crippen LogP contribution in [0.3, 0.4) is 0 Å². The highest BCUT2D eigenvalue weighted by Crippen LogP contribution is 2.45. The Morgan fingerprint density at radius 2 is 1.85 bits per heavy atom. The molecule has 1 aromatic heterocycles. The Kier molecular flexibility index (Phi) is 5.17. The number of hydrogen-bond acceptors (Lipinski definition) is 4. The summed E-state index contributed by atoms with van der Waals surface area (Å²) < 4.78 is 5.18. The number of benzene rings is 1. The van der Waals surface area contributed by atoms with Crippen molar-refractivity contribution >= 4 is 5.91 Å². The molecule has 1 saturated carbocycles. The van der Waals surface area contributed by atoms with Gasteiger partial charge in [0.2, 0.25) is 5.91 Å². The van der Waals surface area contributed by atoms with Gasteiger partial charge in [0.05, 0.1) is 12.2 Å². The lowest BCUT2D eigenvalue weighted by Crippen LogP contribution is -2.36. The number of carbonyl (C=O) groups excluding carboxylic acids is 1. The minimum atomic E-state index is -0.231. The van der Waals surface area contributed by atoms with Gasteiger partial charge in [0.25, 0.3) is 0 Å². The van der Waals surface area contributed by atoms with Crippen molar-refractivity contribution in [2.75, 3.05) is 20.3 Å². The quantitative estimate of drug-likeness (QED) is 0.786. The number of hydrogen-bond donors (Lipinski definition) is 0. The maximum atomic E-state index is 13.0. The summed E-state index contributed by atoms with van der Waals surface area (Å²) in [6, 6.07) is 10.1. The molecule has 1 aliphatic heterocycles. The predicted molar refractivity (Wildman–Crippen MR) is 102 cm³/mol. The van der Waals surface area contributed by atoms with Crippen molar-refractivity contribution in [2.45, 2.75) is 31.2 Å². The summed E-state index contributed by atoms with van der Waals surface area (Å²) in [6.07, 6.45) is 6.74. The van der Waals surface area contributed by atoms with Gasteiger partial charge in [0.1, 0.15) is 11.7 Å². The van der Waals surface area contributed by atoms with E-state index in [1.165, 1.54) is 0 Å². The molecule has 0 bridgehead atoms. The van der Waals surface area contributed by atoms with Crippen molar-refractivity contribution in [1.82, 2.24) is 14.9 Å². The zero-order valence-electron chi connectivity index (χ0n) is 15.5. The van der Waals surface area contributed by atoms with Crippen LogP contribution in [0.1, 0.15) is 42.1 Å². The van der Waals surface area contributed by atoms with Gasteiger partial charge in [-0.3, -0.25) is 4.79 Å². The third-order valence-corrected chi connectivity index (χ3v) is 5.52. The number of nitrogens with zero attached hydrogens (tertiary/aromatic N) is 3. The van der Waals surface area contributed by atoms with E-state index in [-0.39, 0.29) is 11.8 Å². The summed E-state index contributed by atoms with van der Waals surface area (Å²) in [4.78, 5) is 24.0. The molecule has 5 heteroatoms. The van der Waals surface area contributed by atoms with Gasteiger partial charge in [0.15, 0.2) is 0 Å². The molecule has 2 heterocycles. The Morgan fingerprint density at radius 3 is 2.59 bits per heavy atom. The third-order valence-electron chi connectivity index (χ3n) is 5.52. The smallest absolute Gasteiger partial charge is 0.234 e. The molecule has 5 nitrogen and oxygen atoms in total. The van der Waals surface area contributed by atoms with E-state index in [0.717, 1.165) is 30.4 Å². The lowest BCUT2D eigenvalue weighted by Gasteiger charge is -2.23. The first-order valence-corrected chi connectivity index (χ1v) is 9.46. The van der Waals surface area contributed by atoms with E-state index in [2.05, 4.69) is 21.8 Å². The molecule has 2 fully saturated rings. The largest absolute Gasteiger partial charge is 0.383 e. The monoisotopic (exact) mass is 361 g/mol. The molecule has 1 unspecified atom stereocenters. The molecule has 2 aliphatic rings. The number of methoxy groups -OCH3 is 1. The summed E-state index contributed by atoms with van der Waals surface area (Å²) in [6.45, 7) is 1.21. The van der Waals surface area contributed by atoms with E-state index in [4.69, 9.17) is 4.74 Å². The number of likely N-dealkylation sites (tertiary alicyclic amines) is 1. The van der Waals surface area contributed by atoms with Crippen LogP contribution in [-0.4, -0.2) is 47.1 Å². The molecule has 0 N–H and O–H groups in total. The second-order valence-electron chi connectivity index (χ2n) is 7.11. The van der Waals surface area contributed by atoms with E-state index < -0.39 is 0 Å². The van der Waals surface area contributed by atoms with Gasteiger partial charge in [-0.2, -0.15) is 0 Å². The van der Waals surface area contributed by atoms with E-state index in [1.807, 2.05) is 35.2 Å². The maximum Gasteiger partial charge on any atom is 0.234 e. The fourth-order valence-electron chi connectivity index (χ4n) is 4.27. The molecule has 1 aliphatic carbocycles. The van der Waals surface area contributed by atoms with E-state index in [9.17, 15) is 4.79 Å². The first-order valence-electron chi connectivity index (χ1n) is 9.46. The standard InChI is InChI=1S/C22H23N3O2/c1-27-13-12-25-19-9-5-8-18(19)20(22(25)26)21-23-14-17(15-24-21)11-10-16-6-3-2-4-7-16/h2-4,6-7,14-15,18-20H,5,8-9,12-13H2,1H3/t18-,19-,20?/m0/s1. The summed E-state index contributed by atoms with van der Waals surface area (Å²) in [5.41, 5.74) is 1.71. The molecule has 1 aromatic carbocycles. The van der Waals surface area contributed by atoms with Gasteiger partial charge in [-0.1, -0.05) is 36.5 Å². The highest BCUT2D eigenvalue weighted by Gasteiger charge is 2.51. The summed E-state index contributed by atoms with van der Waals surface area (Å²) in [5, 5.41) is 0. The number of amides is 1. The number of fused-ring (bicyclic) bond motifs is 1. The molecule has 0 spiro atoms. The van der Waals surface area contributed by atoms with E-state index >= 15 is 0 Å². The van der Waals surface area contributed by atoms with Crippen LogP contribution in [0.25, 0.3) is 0 Å². The Labute approximate surface area is 159 Å². The van der Waals surface area contributed by atoms with Crippen LogP contribution < -0.4 is 0 Å². The fraction of sp³-hybridized carbons (Fsp3) is 0.409. The third kappa shape index (κ3) is 3.58. The first kappa shape index (κ1) is 17.7. The molecule has 138 valence electrons. The molecule has 27 heavy (non-hydrogen) atoms. The fourth-order valence-corrected chi connectivity index (χ4v) is 4.27. The van der Waals surface area contributed by atoms with E-state index in [1.54, 1.807) is 19.5 Å². The summed E-state index contributed by atoms with van der Waals surface area (Å²) in [7, 11) is 1.67. The normalized spacial score (nSPS) is 23.8. The average Bonchev–Trinajstić information content (AvgIpc) is 3.27.